The van der Waals surface area contributed by atoms with E-state index >= 15 is 0 Å². The number of rotatable bonds is 7. The summed E-state index contributed by atoms with van der Waals surface area (Å²) in [6, 6.07) is 7.60. The molecule has 1 amide bonds. The average Bonchev–Trinajstić information content (AvgIpc) is 3.17. The lowest BCUT2D eigenvalue weighted by atomic mass is 9.86. The molecule has 1 unspecified atom stereocenters. The molecule has 32 heavy (non-hydrogen) atoms. The number of carbonyl (C=O) groups is 1. The Hall–Kier alpha value is -3.31. The van der Waals surface area contributed by atoms with Crippen LogP contribution in [-0.2, 0) is 11.3 Å². The molecule has 0 radical (unpaired) electrons. The van der Waals surface area contributed by atoms with Crippen LogP contribution in [0, 0.1) is 11.2 Å². The number of halogens is 2. The van der Waals surface area contributed by atoms with Gasteiger partial charge in [0.1, 0.15) is 12.3 Å². The highest BCUT2D eigenvalue weighted by Crippen LogP contribution is 2.27. The second kappa shape index (κ2) is 9.45. The highest BCUT2D eigenvalue weighted by atomic mass is 35.5. The molecule has 0 saturated heterocycles. The molecule has 12 heteroatoms. The maximum absolute atomic E-state index is 13.8. The van der Waals surface area contributed by atoms with Crippen molar-refractivity contribution >= 4 is 17.7 Å². The number of ether oxygens (including phenoxy) is 2. The summed E-state index contributed by atoms with van der Waals surface area (Å²) in [4.78, 5) is 16.2. The van der Waals surface area contributed by atoms with Crippen LogP contribution in [0.25, 0.3) is 11.4 Å². The van der Waals surface area contributed by atoms with Gasteiger partial charge in [0, 0.05) is 11.8 Å². The van der Waals surface area contributed by atoms with Gasteiger partial charge in [-0.25, -0.2) is 14.2 Å². The molecule has 2 atom stereocenters. The lowest BCUT2D eigenvalue weighted by Gasteiger charge is -2.31. The number of nitrogens with zero attached hydrogens (tertiary/aromatic N) is 5. The van der Waals surface area contributed by atoms with Crippen molar-refractivity contribution in [3.8, 4) is 23.0 Å². The van der Waals surface area contributed by atoms with Gasteiger partial charge in [0.15, 0.2) is 11.9 Å². The molecule has 3 aromatic rings. The third kappa shape index (κ3) is 5.89. The summed E-state index contributed by atoms with van der Waals surface area (Å²) in [6.07, 6.45) is -1.71. The topological polar surface area (TPSA) is 138 Å². The molecule has 0 spiro atoms. The van der Waals surface area contributed by atoms with Crippen LogP contribution in [0.5, 0.6) is 11.6 Å². The van der Waals surface area contributed by atoms with Gasteiger partial charge in [-0.2, -0.15) is 4.80 Å². The molecule has 1 aromatic carbocycles. The Kier molecular flexibility index (Phi) is 6.90. The van der Waals surface area contributed by atoms with Crippen molar-refractivity contribution in [3.05, 3.63) is 47.4 Å². The Labute approximate surface area is 188 Å². The summed E-state index contributed by atoms with van der Waals surface area (Å²) in [5, 5.41) is 22.8. The molecule has 0 fully saturated rings. The van der Waals surface area contributed by atoms with Gasteiger partial charge in [-0.3, -0.25) is 0 Å². The zero-order chi connectivity index (χ0) is 23.5. The fourth-order valence-corrected chi connectivity index (χ4v) is 2.91. The number of pyridine rings is 1. The molecule has 170 valence electrons. The quantitative estimate of drug-likeness (QED) is 0.543. The molecular formula is C20H22ClFN6O4. The van der Waals surface area contributed by atoms with Crippen LogP contribution < -0.4 is 10.5 Å². The Morgan fingerprint density at radius 1 is 1.31 bits per heavy atom. The van der Waals surface area contributed by atoms with Gasteiger partial charge in [0.05, 0.1) is 11.1 Å². The number of benzene rings is 1. The lowest BCUT2D eigenvalue weighted by Crippen LogP contribution is -2.44. The molecule has 2 aromatic heterocycles. The van der Waals surface area contributed by atoms with Crippen molar-refractivity contribution in [2.24, 2.45) is 11.1 Å². The Morgan fingerprint density at radius 3 is 2.59 bits per heavy atom. The predicted molar refractivity (Wildman–Crippen MR) is 112 cm³/mol. The largest absolute Gasteiger partial charge is 0.442 e. The van der Waals surface area contributed by atoms with E-state index < -0.39 is 29.5 Å². The maximum Gasteiger partial charge on any atom is 0.404 e. The van der Waals surface area contributed by atoms with Crippen LogP contribution in [-0.4, -0.2) is 48.6 Å². The zero-order valence-corrected chi connectivity index (χ0v) is 18.3. The fourth-order valence-electron chi connectivity index (χ4n) is 2.77. The standard InChI is InChI=1S/C20H22ClFN6O4/c1-20(2,3)16(29)15(32-19(23)30)10-28-26-17(25-27-28)11-4-6-13(7-5-11)31-18-14(22)8-12(21)9-24-18/h4-9,15-16,29H,10H2,1-3H3,(H2,23,30)/t15-,16?/m0/s1. The Bertz CT molecular complexity index is 1090. The van der Waals surface area contributed by atoms with Crippen molar-refractivity contribution in [2.45, 2.75) is 39.5 Å². The third-order valence-electron chi connectivity index (χ3n) is 4.40. The fraction of sp³-hybridized carbons (Fsp3) is 0.350. The third-order valence-corrected chi connectivity index (χ3v) is 4.61. The molecule has 3 rings (SSSR count). The number of carbonyl (C=O) groups excluding carboxylic acids is 1. The van der Waals surface area contributed by atoms with Crippen molar-refractivity contribution in [3.63, 3.8) is 0 Å². The Balaban J connectivity index is 1.72. The second-order valence-corrected chi connectivity index (χ2v) is 8.46. The first kappa shape index (κ1) is 23.4. The van der Waals surface area contributed by atoms with E-state index in [1.165, 1.54) is 11.0 Å². The highest BCUT2D eigenvalue weighted by Gasteiger charge is 2.34. The minimum atomic E-state index is -1.01. The number of primary amides is 1. The first-order valence-corrected chi connectivity index (χ1v) is 9.92. The number of tetrazole rings is 1. The number of hydrogen-bond donors (Lipinski definition) is 2. The Morgan fingerprint density at radius 2 is 2.00 bits per heavy atom. The van der Waals surface area contributed by atoms with Gasteiger partial charge in [-0.05, 0) is 41.0 Å². The molecule has 0 aliphatic heterocycles. The van der Waals surface area contributed by atoms with E-state index in [0.29, 0.717) is 11.3 Å². The number of nitrogens with two attached hydrogens (primary N) is 1. The number of amides is 1. The van der Waals surface area contributed by atoms with Gasteiger partial charge < -0.3 is 20.3 Å². The summed E-state index contributed by atoms with van der Waals surface area (Å²) in [5.74, 6) is -0.256. The average molecular weight is 465 g/mol. The van der Waals surface area contributed by atoms with E-state index in [-0.39, 0.29) is 23.3 Å². The number of hydrogen-bond acceptors (Lipinski definition) is 8. The van der Waals surface area contributed by atoms with Crippen molar-refractivity contribution < 1.29 is 23.8 Å². The molecule has 0 aliphatic carbocycles. The maximum atomic E-state index is 13.8. The molecule has 0 bridgehead atoms. The van der Waals surface area contributed by atoms with E-state index in [1.54, 1.807) is 45.0 Å². The predicted octanol–water partition coefficient (Wildman–Crippen LogP) is 3.19. The monoisotopic (exact) mass is 464 g/mol. The van der Waals surface area contributed by atoms with Crippen LogP contribution in [0.2, 0.25) is 5.02 Å². The minimum Gasteiger partial charge on any atom is -0.442 e. The van der Waals surface area contributed by atoms with E-state index in [1.807, 2.05) is 0 Å². The summed E-state index contributed by atoms with van der Waals surface area (Å²) < 4.78 is 24.3. The lowest BCUT2D eigenvalue weighted by molar-refractivity contribution is -0.0583. The second-order valence-electron chi connectivity index (χ2n) is 8.02. The summed E-state index contributed by atoms with van der Waals surface area (Å²) in [7, 11) is 0. The first-order chi connectivity index (χ1) is 15.0. The molecule has 2 heterocycles. The number of aromatic nitrogens is 5. The van der Waals surface area contributed by atoms with Gasteiger partial charge >= 0.3 is 6.09 Å². The number of aliphatic hydroxyl groups is 1. The first-order valence-electron chi connectivity index (χ1n) is 9.54. The van der Waals surface area contributed by atoms with Crippen LogP contribution in [0.3, 0.4) is 0 Å². The van der Waals surface area contributed by atoms with E-state index in [9.17, 15) is 14.3 Å². The SMILES string of the molecule is CC(C)(C)C(O)[C@H](Cn1nnc(-c2ccc(Oc3ncc(Cl)cc3F)cc2)n1)OC(N)=O. The summed E-state index contributed by atoms with van der Waals surface area (Å²) >= 11 is 5.68. The molecular weight excluding hydrogens is 443 g/mol. The zero-order valence-electron chi connectivity index (χ0n) is 17.6. The highest BCUT2D eigenvalue weighted by molar-refractivity contribution is 6.30. The normalized spacial score (nSPS) is 13.4. The molecule has 0 saturated carbocycles. The van der Waals surface area contributed by atoms with Crippen LogP contribution in [0.1, 0.15) is 20.8 Å². The van der Waals surface area contributed by atoms with Gasteiger partial charge in [0.2, 0.25) is 5.82 Å². The van der Waals surface area contributed by atoms with Crippen molar-refractivity contribution in [1.29, 1.82) is 0 Å². The van der Waals surface area contributed by atoms with Crippen molar-refractivity contribution in [1.82, 2.24) is 25.2 Å². The van der Waals surface area contributed by atoms with Gasteiger partial charge in [-0.15, -0.1) is 10.2 Å². The molecule has 10 nitrogen and oxygen atoms in total. The van der Waals surface area contributed by atoms with Crippen molar-refractivity contribution in [2.75, 3.05) is 0 Å². The van der Waals surface area contributed by atoms with Gasteiger partial charge in [0.25, 0.3) is 5.88 Å². The summed E-state index contributed by atoms with van der Waals surface area (Å²) in [6.45, 7) is 5.34. The van der Waals surface area contributed by atoms with Crippen LogP contribution in [0.4, 0.5) is 9.18 Å². The smallest absolute Gasteiger partial charge is 0.404 e. The van der Waals surface area contributed by atoms with E-state index in [0.717, 1.165) is 6.07 Å². The molecule has 0 aliphatic rings. The van der Waals surface area contributed by atoms with Crippen LogP contribution in [0.15, 0.2) is 36.5 Å². The minimum absolute atomic E-state index is 0.0446. The molecule has 3 N–H and O–H groups in total. The van der Waals surface area contributed by atoms with E-state index in [4.69, 9.17) is 26.8 Å². The number of aliphatic hydroxyl groups excluding tert-OH is 1. The summed E-state index contributed by atoms with van der Waals surface area (Å²) in [5.41, 5.74) is 5.16. The van der Waals surface area contributed by atoms with Crippen LogP contribution >= 0.6 is 11.6 Å². The van der Waals surface area contributed by atoms with E-state index in [2.05, 4.69) is 20.4 Å². The van der Waals surface area contributed by atoms with Gasteiger partial charge in [-0.1, -0.05) is 32.4 Å².